The smallest absolute Gasteiger partial charge is 0.271 e. The summed E-state index contributed by atoms with van der Waals surface area (Å²) in [6, 6.07) is 5.82. The molecule has 0 aliphatic heterocycles. The molecule has 0 radical (unpaired) electrons. The molecule has 0 fully saturated rings. The van der Waals surface area contributed by atoms with E-state index < -0.39 is 0 Å². The minimum Gasteiger partial charge on any atom is -0.340 e. The molecule has 0 saturated heterocycles. The molecule has 0 aliphatic carbocycles. The van der Waals surface area contributed by atoms with Gasteiger partial charge in [-0.25, -0.2) is 4.98 Å². The quantitative estimate of drug-likeness (QED) is 0.515. The number of nitrogens with zero attached hydrogens (tertiary/aromatic N) is 3. The first kappa shape index (κ1) is 16.2. The lowest BCUT2D eigenvalue weighted by Crippen LogP contribution is -2.28. The third-order valence-corrected chi connectivity index (χ3v) is 6.14. The normalized spacial score (nSPS) is 11.0. The van der Waals surface area contributed by atoms with E-state index in [2.05, 4.69) is 4.98 Å². The Bertz CT molecular complexity index is 883. The highest BCUT2D eigenvalue weighted by molar-refractivity contribution is 7.99. The predicted octanol–water partition coefficient (Wildman–Crippen LogP) is 2.81. The number of amides is 1. The maximum Gasteiger partial charge on any atom is 0.271 e. The van der Waals surface area contributed by atoms with Crippen molar-refractivity contribution in [1.82, 2.24) is 14.5 Å². The number of aromatic nitrogens is 2. The lowest BCUT2D eigenvalue weighted by Gasteiger charge is -2.16. The van der Waals surface area contributed by atoms with Crippen LogP contribution in [0.4, 0.5) is 0 Å². The molecule has 3 rings (SSSR count). The van der Waals surface area contributed by atoms with Crippen LogP contribution in [0.1, 0.15) is 4.88 Å². The summed E-state index contributed by atoms with van der Waals surface area (Å²) >= 11 is 4.32. The molecule has 1 amide bonds. The summed E-state index contributed by atoms with van der Waals surface area (Å²) in [5, 5.41) is 4.42. The van der Waals surface area contributed by atoms with Crippen LogP contribution in [-0.2, 0) is 18.4 Å². The van der Waals surface area contributed by atoms with Crippen molar-refractivity contribution in [3.05, 3.63) is 44.2 Å². The lowest BCUT2D eigenvalue weighted by atomic mass is 10.4. The van der Waals surface area contributed by atoms with Crippen LogP contribution in [0.15, 0.2) is 38.9 Å². The molecule has 8 heteroatoms. The highest BCUT2D eigenvalue weighted by Crippen LogP contribution is 2.20. The number of carbonyl (C=O) groups is 1. The number of thioether (sulfide) groups is 1. The van der Waals surface area contributed by atoms with E-state index in [4.69, 9.17) is 0 Å². The molecular weight excluding hydrogens is 350 g/mol. The van der Waals surface area contributed by atoms with Gasteiger partial charge in [0.2, 0.25) is 5.91 Å². The first-order valence-electron chi connectivity index (χ1n) is 6.89. The first-order valence-corrected chi connectivity index (χ1v) is 9.64. The van der Waals surface area contributed by atoms with Crippen molar-refractivity contribution in [2.24, 2.45) is 7.05 Å². The Kier molecular flexibility index (Phi) is 4.84. The summed E-state index contributed by atoms with van der Waals surface area (Å²) in [6.45, 7) is 0.604. The zero-order chi connectivity index (χ0) is 16.4. The molecule has 3 aromatic heterocycles. The average Bonchev–Trinajstić information content (AvgIpc) is 3.20. The zero-order valence-electron chi connectivity index (χ0n) is 12.7. The van der Waals surface area contributed by atoms with Crippen molar-refractivity contribution < 1.29 is 4.79 Å². The van der Waals surface area contributed by atoms with E-state index in [0.717, 1.165) is 4.88 Å². The molecule has 0 atom stereocenters. The van der Waals surface area contributed by atoms with Crippen molar-refractivity contribution >= 4 is 50.6 Å². The molecule has 120 valence electrons. The van der Waals surface area contributed by atoms with Crippen molar-refractivity contribution in [1.29, 1.82) is 0 Å². The third kappa shape index (κ3) is 3.49. The summed E-state index contributed by atoms with van der Waals surface area (Å²) in [4.78, 5) is 31.8. The highest BCUT2D eigenvalue weighted by Gasteiger charge is 2.14. The second kappa shape index (κ2) is 6.86. The fourth-order valence-corrected chi connectivity index (χ4v) is 4.53. The number of carbonyl (C=O) groups excluding carboxylic acids is 1. The molecule has 0 spiro atoms. The van der Waals surface area contributed by atoms with Crippen molar-refractivity contribution in [3.63, 3.8) is 0 Å². The summed E-state index contributed by atoms with van der Waals surface area (Å²) in [5.74, 6) is 0.278. The van der Waals surface area contributed by atoms with Crippen LogP contribution in [0.5, 0.6) is 0 Å². The summed E-state index contributed by atoms with van der Waals surface area (Å²) in [6.07, 6.45) is 0. The van der Waals surface area contributed by atoms with Gasteiger partial charge < -0.3 is 4.90 Å². The molecular formula is C15H15N3O2S3. The van der Waals surface area contributed by atoms with Gasteiger partial charge >= 0.3 is 0 Å². The van der Waals surface area contributed by atoms with Gasteiger partial charge in [0.15, 0.2) is 5.16 Å². The molecule has 0 saturated carbocycles. The number of thiophene rings is 2. The van der Waals surface area contributed by atoms with Gasteiger partial charge in [-0.05, 0) is 22.9 Å². The number of hydrogen-bond donors (Lipinski definition) is 0. The minimum absolute atomic E-state index is 0.0167. The van der Waals surface area contributed by atoms with Gasteiger partial charge in [0.1, 0.15) is 4.70 Å². The Morgan fingerprint density at radius 1 is 1.35 bits per heavy atom. The Morgan fingerprint density at radius 3 is 2.91 bits per heavy atom. The average molecular weight is 366 g/mol. The second-order valence-electron chi connectivity index (χ2n) is 5.01. The van der Waals surface area contributed by atoms with Crippen LogP contribution in [-0.4, -0.2) is 33.2 Å². The van der Waals surface area contributed by atoms with E-state index in [9.17, 15) is 9.59 Å². The summed E-state index contributed by atoms with van der Waals surface area (Å²) < 4.78 is 2.16. The monoisotopic (exact) mass is 365 g/mol. The summed E-state index contributed by atoms with van der Waals surface area (Å²) in [5.41, 5.74) is 0.631. The highest BCUT2D eigenvalue weighted by atomic mass is 32.2. The predicted molar refractivity (Wildman–Crippen MR) is 96.4 cm³/mol. The number of rotatable bonds is 5. The minimum atomic E-state index is -0.0631. The molecule has 0 N–H and O–H groups in total. The van der Waals surface area contributed by atoms with Gasteiger partial charge in [-0.2, -0.15) is 0 Å². The maximum atomic E-state index is 12.2. The van der Waals surface area contributed by atoms with Gasteiger partial charge in [0.25, 0.3) is 5.56 Å². The second-order valence-corrected chi connectivity index (χ2v) is 7.90. The van der Waals surface area contributed by atoms with Gasteiger partial charge in [-0.3, -0.25) is 14.2 Å². The van der Waals surface area contributed by atoms with E-state index in [-0.39, 0.29) is 17.2 Å². The Hall–Kier alpha value is -1.64. The van der Waals surface area contributed by atoms with Crippen LogP contribution in [0.3, 0.4) is 0 Å². The molecule has 0 aliphatic rings. The fourth-order valence-electron chi connectivity index (χ4n) is 2.06. The summed E-state index contributed by atoms with van der Waals surface area (Å²) in [7, 11) is 3.48. The Morgan fingerprint density at radius 2 is 2.17 bits per heavy atom. The van der Waals surface area contributed by atoms with E-state index in [1.165, 1.54) is 27.7 Å². The Labute approximate surface area is 145 Å². The molecule has 0 aromatic carbocycles. The van der Waals surface area contributed by atoms with Gasteiger partial charge in [-0.15, -0.1) is 22.7 Å². The van der Waals surface area contributed by atoms with E-state index in [0.29, 0.717) is 21.9 Å². The third-order valence-electron chi connectivity index (χ3n) is 3.37. The largest absolute Gasteiger partial charge is 0.340 e. The first-order chi connectivity index (χ1) is 11.1. The topological polar surface area (TPSA) is 55.2 Å². The van der Waals surface area contributed by atoms with Gasteiger partial charge in [0, 0.05) is 19.0 Å². The molecule has 0 bridgehead atoms. The van der Waals surface area contributed by atoms with Crippen LogP contribution < -0.4 is 5.56 Å². The molecule has 0 unspecified atom stereocenters. The van der Waals surface area contributed by atoms with E-state index in [1.54, 1.807) is 30.3 Å². The number of fused-ring (bicyclic) bond motifs is 1. The van der Waals surface area contributed by atoms with E-state index >= 15 is 0 Å². The standard InChI is InChI=1S/C15H15N3O2S3/c1-17(8-10-4-3-6-21-10)12(19)9-23-15-16-11-5-7-22-13(11)14(20)18(15)2/h3-7H,8-9H2,1-2H3. The number of hydrogen-bond acceptors (Lipinski definition) is 6. The SMILES string of the molecule is CN(Cc1cccs1)C(=O)CSc1nc2ccsc2c(=O)n1C. The zero-order valence-corrected chi connectivity index (χ0v) is 15.1. The van der Waals surface area contributed by atoms with Crippen molar-refractivity contribution in [2.75, 3.05) is 12.8 Å². The van der Waals surface area contributed by atoms with Crippen LogP contribution in [0.2, 0.25) is 0 Å². The molecule has 5 nitrogen and oxygen atoms in total. The fraction of sp³-hybridized carbons (Fsp3) is 0.267. The maximum absolute atomic E-state index is 12.2. The van der Waals surface area contributed by atoms with Gasteiger partial charge in [-0.1, -0.05) is 17.8 Å². The molecule has 3 aromatic rings. The van der Waals surface area contributed by atoms with Gasteiger partial charge in [0.05, 0.1) is 17.8 Å². The van der Waals surface area contributed by atoms with Crippen molar-refractivity contribution in [2.45, 2.75) is 11.7 Å². The van der Waals surface area contributed by atoms with Crippen LogP contribution in [0, 0.1) is 0 Å². The molecule has 3 heterocycles. The van der Waals surface area contributed by atoms with Crippen molar-refractivity contribution in [3.8, 4) is 0 Å². The molecule has 23 heavy (non-hydrogen) atoms. The van der Waals surface area contributed by atoms with E-state index in [1.807, 2.05) is 29.0 Å². The van der Waals surface area contributed by atoms with Crippen LogP contribution >= 0.6 is 34.4 Å². The Balaban J connectivity index is 1.69. The van der Waals surface area contributed by atoms with Crippen LogP contribution in [0.25, 0.3) is 10.2 Å². The lowest BCUT2D eigenvalue weighted by molar-refractivity contribution is -0.127.